The predicted molar refractivity (Wildman–Crippen MR) is 64.9 cm³/mol. The summed E-state index contributed by atoms with van der Waals surface area (Å²) in [7, 11) is 0. The summed E-state index contributed by atoms with van der Waals surface area (Å²) < 4.78 is 10.5. The van der Waals surface area contributed by atoms with Gasteiger partial charge in [-0.3, -0.25) is 0 Å². The first-order valence-electron chi connectivity index (χ1n) is 5.86. The number of aliphatic hydroxyl groups excluding tert-OH is 1. The molecule has 1 aliphatic heterocycles. The zero-order chi connectivity index (χ0) is 12.3. The van der Waals surface area contributed by atoms with Crippen LogP contribution < -0.4 is 0 Å². The van der Waals surface area contributed by atoms with E-state index in [1.807, 2.05) is 0 Å². The van der Waals surface area contributed by atoms with Gasteiger partial charge in [0.05, 0.1) is 24.4 Å². The molecule has 1 aromatic heterocycles. The third-order valence-electron chi connectivity index (χ3n) is 2.67. The number of hydrogen-bond acceptors (Lipinski definition) is 6. The normalized spacial score (nSPS) is 25.4. The van der Waals surface area contributed by atoms with Crippen LogP contribution in [0.3, 0.4) is 0 Å². The highest BCUT2D eigenvalue weighted by atomic mass is 32.2. The fourth-order valence-corrected chi connectivity index (χ4v) is 2.28. The van der Waals surface area contributed by atoms with Crippen LogP contribution in [-0.2, 0) is 10.5 Å². The van der Waals surface area contributed by atoms with E-state index in [1.165, 1.54) is 0 Å². The van der Waals surface area contributed by atoms with Crippen molar-refractivity contribution >= 4 is 11.8 Å². The molecule has 6 heteroatoms. The molecular weight excluding hydrogens is 240 g/mol. The second-order valence-electron chi connectivity index (χ2n) is 4.45. The van der Waals surface area contributed by atoms with Crippen LogP contribution in [0.5, 0.6) is 0 Å². The lowest BCUT2D eigenvalue weighted by atomic mass is 9.99. The Labute approximate surface area is 105 Å². The van der Waals surface area contributed by atoms with Crippen LogP contribution in [-0.4, -0.2) is 39.8 Å². The van der Waals surface area contributed by atoms with Crippen molar-refractivity contribution in [3.8, 4) is 0 Å². The Morgan fingerprint density at radius 2 is 2.35 bits per heavy atom. The Morgan fingerprint density at radius 3 is 3.06 bits per heavy atom. The molecule has 1 aromatic rings. The van der Waals surface area contributed by atoms with Crippen molar-refractivity contribution in [2.75, 3.05) is 13.2 Å². The maximum absolute atomic E-state index is 9.84. The first-order valence-corrected chi connectivity index (χ1v) is 6.91. The maximum Gasteiger partial charge on any atom is 0.234 e. The smallest absolute Gasteiger partial charge is 0.234 e. The van der Waals surface area contributed by atoms with Gasteiger partial charge in [-0.25, -0.2) is 0 Å². The first-order chi connectivity index (χ1) is 8.16. The third-order valence-corrected chi connectivity index (χ3v) is 3.76. The molecule has 0 saturated carbocycles. The number of hydrogen-bond donors (Lipinski definition) is 1. The van der Waals surface area contributed by atoms with Gasteiger partial charge < -0.3 is 14.4 Å². The molecule has 0 aliphatic carbocycles. The average molecular weight is 258 g/mol. The SMILES string of the molecule is CC(C)SCc1noc(C2COCCC2O)n1. The molecule has 2 heterocycles. The van der Waals surface area contributed by atoms with Gasteiger partial charge in [0.15, 0.2) is 5.82 Å². The van der Waals surface area contributed by atoms with Gasteiger partial charge in [0.1, 0.15) is 0 Å². The highest BCUT2D eigenvalue weighted by Gasteiger charge is 2.30. The summed E-state index contributed by atoms with van der Waals surface area (Å²) in [5, 5.41) is 14.3. The van der Waals surface area contributed by atoms with E-state index in [0.29, 0.717) is 36.6 Å². The van der Waals surface area contributed by atoms with Crippen molar-refractivity contribution in [2.24, 2.45) is 0 Å². The molecule has 2 unspecified atom stereocenters. The van der Waals surface area contributed by atoms with Gasteiger partial charge >= 0.3 is 0 Å². The number of aromatic nitrogens is 2. The molecule has 1 fully saturated rings. The Morgan fingerprint density at radius 1 is 1.53 bits per heavy atom. The summed E-state index contributed by atoms with van der Waals surface area (Å²) in [5.41, 5.74) is 0. The molecule has 2 atom stereocenters. The van der Waals surface area contributed by atoms with Crippen molar-refractivity contribution in [1.29, 1.82) is 0 Å². The zero-order valence-electron chi connectivity index (χ0n) is 10.1. The molecule has 1 N–H and O–H groups in total. The van der Waals surface area contributed by atoms with E-state index in [-0.39, 0.29) is 5.92 Å². The molecule has 2 rings (SSSR count). The topological polar surface area (TPSA) is 68.4 Å². The molecule has 1 saturated heterocycles. The van der Waals surface area contributed by atoms with Crippen LogP contribution in [0.2, 0.25) is 0 Å². The maximum atomic E-state index is 9.84. The summed E-state index contributed by atoms with van der Waals surface area (Å²) in [6.07, 6.45) is 0.193. The molecule has 0 amide bonds. The largest absolute Gasteiger partial charge is 0.392 e. The molecule has 0 spiro atoms. The van der Waals surface area contributed by atoms with E-state index in [2.05, 4.69) is 24.0 Å². The summed E-state index contributed by atoms with van der Waals surface area (Å²) in [6, 6.07) is 0. The second-order valence-corrected chi connectivity index (χ2v) is 6.01. The highest BCUT2D eigenvalue weighted by Crippen LogP contribution is 2.25. The summed E-state index contributed by atoms with van der Waals surface area (Å²) in [4.78, 5) is 4.32. The van der Waals surface area contributed by atoms with Crippen molar-refractivity contribution in [1.82, 2.24) is 10.1 Å². The molecule has 0 bridgehead atoms. The molecule has 5 nitrogen and oxygen atoms in total. The first kappa shape index (κ1) is 12.9. The van der Waals surface area contributed by atoms with Gasteiger partial charge in [-0.05, 0) is 11.7 Å². The number of ether oxygens (including phenoxy) is 1. The number of aliphatic hydroxyl groups is 1. The van der Waals surface area contributed by atoms with Crippen molar-refractivity contribution in [2.45, 2.75) is 43.3 Å². The number of rotatable bonds is 4. The quantitative estimate of drug-likeness (QED) is 0.884. The van der Waals surface area contributed by atoms with E-state index in [1.54, 1.807) is 11.8 Å². The monoisotopic (exact) mass is 258 g/mol. The van der Waals surface area contributed by atoms with E-state index in [4.69, 9.17) is 9.26 Å². The zero-order valence-corrected chi connectivity index (χ0v) is 10.9. The van der Waals surface area contributed by atoms with Crippen molar-refractivity contribution in [3.05, 3.63) is 11.7 Å². The highest BCUT2D eigenvalue weighted by molar-refractivity contribution is 7.99. The third kappa shape index (κ3) is 3.43. The lowest BCUT2D eigenvalue weighted by molar-refractivity contribution is -0.0149. The van der Waals surface area contributed by atoms with Gasteiger partial charge in [-0.1, -0.05) is 19.0 Å². The van der Waals surface area contributed by atoms with E-state index >= 15 is 0 Å². The molecular formula is C11H18N2O3S. The Bertz CT molecular complexity index is 356. The van der Waals surface area contributed by atoms with Crippen LogP contribution in [0, 0.1) is 0 Å². The van der Waals surface area contributed by atoms with Gasteiger partial charge in [-0.2, -0.15) is 16.7 Å². The standard InChI is InChI=1S/C11H18N2O3S/c1-7(2)17-6-10-12-11(16-13-10)8-5-15-4-3-9(8)14/h7-9,14H,3-6H2,1-2H3. The minimum absolute atomic E-state index is 0.172. The van der Waals surface area contributed by atoms with Gasteiger partial charge in [-0.15, -0.1) is 0 Å². The second kappa shape index (κ2) is 5.84. The van der Waals surface area contributed by atoms with E-state index in [9.17, 15) is 5.11 Å². The molecule has 0 aromatic carbocycles. The van der Waals surface area contributed by atoms with Crippen LogP contribution in [0.15, 0.2) is 4.52 Å². The van der Waals surface area contributed by atoms with E-state index in [0.717, 1.165) is 5.75 Å². The predicted octanol–water partition coefficient (Wildman–Crippen LogP) is 1.58. The summed E-state index contributed by atoms with van der Waals surface area (Å²) in [6.45, 7) is 5.32. The van der Waals surface area contributed by atoms with Crippen molar-refractivity contribution < 1.29 is 14.4 Å². The van der Waals surface area contributed by atoms with Gasteiger partial charge in [0.25, 0.3) is 0 Å². The van der Waals surface area contributed by atoms with Crippen LogP contribution in [0.1, 0.15) is 37.9 Å². The number of thioether (sulfide) groups is 1. The average Bonchev–Trinajstić information content (AvgIpc) is 2.75. The Kier molecular flexibility index (Phi) is 4.42. The fourth-order valence-electron chi connectivity index (χ4n) is 1.68. The Hall–Kier alpha value is -0.590. The number of nitrogens with zero attached hydrogens (tertiary/aromatic N) is 2. The lowest BCUT2D eigenvalue weighted by Gasteiger charge is -2.24. The summed E-state index contributed by atoms with van der Waals surface area (Å²) >= 11 is 1.77. The van der Waals surface area contributed by atoms with Crippen LogP contribution in [0.25, 0.3) is 0 Å². The van der Waals surface area contributed by atoms with Crippen LogP contribution >= 0.6 is 11.8 Å². The lowest BCUT2D eigenvalue weighted by Crippen LogP contribution is -2.30. The van der Waals surface area contributed by atoms with E-state index < -0.39 is 6.10 Å². The van der Waals surface area contributed by atoms with Gasteiger partial charge in [0, 0.05) is 6.61 Å². The summed E-state index contributed by atoms with van der Waals surface area (Å²) in [5.74, 6) is 1.76. The fraction of sp³-hybridized carbons (Fsp3) is 0.818. The molecule has 0 radical (unpaired) electrons. The van der Waals surface area contributed by atoms with Crippen molar-refractivity contribution in [3.63, 3.8) is 0 Å². The molecule has 1 aliphatic rings. The Balaban J connectivity index is 1.97. The van der Waals surface area contributed by atoms with Crippen LogP contribution in [0.4, 0.5) is 0 Å². The minimum Gasteiger partial charge on any atom is -0.392 e. The molecule has 96 valence electrons. The molecule has 17 heavy (non-hydrogen) atoms. The minimum atomic E-state index is -0.435. The van der Waals surface area contributed by atoms with Gasteiger partial charge in [0.2, 0.25) is 5.89 Å².